The van der Waals surface area contributed by atoms with Gasteiger partial charge in [-0.3, -0.25) is 0 Å². The van der Waals surface area contributed by atoms with E-state index in [1.165, 1.54) is 0 Å². The average molecular weight is 329 g/mol. The molecule has 0 saturated carbocycles. The molecular formula is C16H21ClO5. The molecular weight excluding hydrogens is 308 g/mol. The fourth-order valence-corrected chi connectivity index (χ4v) is 3.41. The molecule has 6 heteroatoms. The van der Waals surface area contributed by atoms with Gasteiger partial charge in [-0.1, -0.05) is 17.7 Å². The minimum atomic E-state index is -0.855. The summed E-state index contributed by atoms with van der Waals surface area (Å²) in [5, 5.41) is 20.5. The maximum absolute atomic E-state index is 10.8. The van der Waals surface area contributed by atoms with Crippen molar-refractivity contribution in [2.24, 2.45) is 0 Å². The molecule has 4 atom stereocenters. The zero-order valence-electron chi connectivity index (χ0n) is 12.7. The number of halogens is 1. The number of rotatable bonds is 4. The van der Waals surface area contributed by atoms with E-state index < -0.39 is 18.0 Å². The fraction of sp³-hybridized carbons (Fsp3) is 0.625. The van der Waals surface area contributed by atoms with Gasteiger partial charge in [0.25, 0.3) is 0 Å². The molecule has 2 fully saturated rings. The molecule has 122 valence electrons. The van der Waals surface area contributed by atoms with Gasteiger partial charge in [0.2, 0.25) is 0 Å². The van der Waals surface area contributed by atoms with E-state index in [2.05, 4.69) is 0 Å². The molecule has 2 aliphatic rings. The molecule has 3 rings (SSSR count). The van der Waals surface area contributed by atoms with Crippen LogP contribution >= 0.6 is 11.6 Å². The molecule has 2 heterocycles. The first-order valence-corrected chi connectivity index (χ1v) is 7.83. The number of fused-ring (bicyclic) bond motifs is 1. The summed E-state index contributed by atoms with van der Waals surface area (Å²) < 4.78 is 17.3. The standard InChI is InChI=1S/C16H21ClO5/c1-16(2)21-12-8-20-15(14(12)22-16)13(19)11-4-3-10(17)7-9(11)5-6-18/h3-4,7,12-15,18-19H,5-6,8H2,1-2H3/t12-,13+,14-,15+/m0/s1. The van der Waals surface area contributed by atoms with Crippen LogP contribution in [0.2, 0.25) is 5.02 Å². The Morgan fingerprint density at radius 1 is 1.36 bits per heavy atom. The SMILES string of the molecule is CC1(C)O[C@@H]2[C@@H]([C@H](O)c3ccc(Cl)cc3CCO)OC[C@@H]2O1. The van der Waals surface area contributed by atoms with Gasteiger partial charge in [0.1, 0.15) is 24.4 Å². The minimum Gasteiger partial charge on any atom is -0.396 e. The first-order chi connectivity index (χ1) is 10.4. The van der Waals surface area contributed by atoms with Gasteiger partial charge in [0.15, 0.2) is 5.79 Å². The molecule has 0 aliphatic carbocycles. The van der Waals surface area contributed by atoms with Gasteiger partial charge < -0.3 is 24.4 Å². The average Bonchev–Trinajstić information content (AvgIpc) is 2.93. The minimum absolute atomic E-state index is 0.00964. The van der Waals surface area contributed by atoms with E-state index in [4.69, 9.17) is 25.8 Å². The van der Waals surface area contributed by atoms with Gasteiger partial charge in [-0.15, -0.1) is 0 Å². The molecule has 0 amide bonds. The lowest BCUT2D eigenvalue weighted by atomic mass is 9.94. The summed E-state index contributed by atoms with van der Waals surface area (Å²) >= 11 is 6.00. The van der Waals surface area contributed by atoms with Crippen LogP contribution in [0.25, 0.3) is 0 Å². The lowest BCUT2D eigenvalue weighted by Gasteiger charge is -2.26. The third-order valence-electron chi connectivity index (χ3n) is 4.11. The topological polar surface area (TPSA) is 68.2 Å². The number of aliphatic hydroxyl groups excluding tert-OH is 2. The summed E-state index contributed by atoms with van der Waals surface area (Å²) in [4.78, 5) is 0. The highest BCUT2D eigenvalue weighted by molar-refractivity contribution is 6.30. The monoisotopic (exact) mass is 328 g/mol. The molecule has 2 N–H and O–H groups in total. The Morgan fingerprint density at radius 3 is 2.86 bits per heavy atom. The van der Waals surface area contributed by atoms with Gasteiger partial charge >= 0.3 is 0 Å². The number of aliphatic hydroxyl groups is 2. The van der Waals surface area contributed by atoms with Crippen LogP contribution in [0.3, 0.4) is 0 Å². The van der Waals surface area contributed by atoms with Crippen molar-refractivity contribution in [1.29, 1.82) is 0 Å². The van der Waals surface area contributed by atoms with Gasteiger partial charge in [0, 0.05) is 11.6 Å². The van der Waals surface area contributed by atoms with E-state index in [9.17, 15) is 10.2 Å². The van der Waals surface area contributed by atoms with Crippen molar-refractivity contribution in [1.82, 2.24) is 0 Å². The van der Waals surface area contributed by atoms with E-state index in [-0.39, 0.29) is 18.8 Å². The molecule has 0 spiro atoms. The second-order valence-corrected chi connectivity index (χ2v) is 6.63. The van der Waals surface area contributed by atoms with Crippen LogP contribution in [-0.4, -0.2) is 47.5 Å². The molecule has 1 aromatic rings. The fourth-order valence-electron chi connectivity index (χ4n) is 3.22. The number of benzene rings is 1. The Labute approximate surface area is 134 Å². The van der Waals surface area contributed by atoms with Gasteiger partial charge in [-0.25, -0.2) is 0 Å². The highest BCUT2D eigenvalue weighted by Crippen LogP contribution is 2.40. The van der Waals surface area contributed by atoms with E-state index in [1.807, 2.05) is 13.8 Å². The summed E-state index contributed by atoms with van der Waals surface area (Å²) in [5.74, 6) is -0.662. The predicted octanol–water partition coefficient (Wildman–Crippen LogP) is 1.83. The number of hydrogen-bond acceptors (Lipinski definition) is 5. The second kappa shape index (κ2) is 6.07. The van der Waals surface area contributed by atoms with E-state index in [1.54, 1.807) is 18.2 Å². The number of ether oxygens (including phenoxy) is 3. The summed E-state index contributed by atoms with van der Waals surface area (Å²) in [6, 6.07) is 5.26. The van der Waals surface area contributed by atoms with Crippen molar-refractivity contribution in [3.8, 4) is 0 Å². The molecule has 22 heavy (non-hydrogen) atoms. The van der Waals surface area contributed by atoms with Crippen molar-refractivity contribution < 1.29 is 24.4 Å². The molecule has 5 nitrogen and oxygen atoms in total. The van der Waals surface area contributed by atoms with Crippen LogP contribution < -0.4 is 0 Å². The predicted molar refractivity (Wildman–Crippen MR) is 80.8 cm³/mol. The van der Waals surface area contributed by atoms with Crippen molar-refractivity contribution in [2.75, 3.05) is 13.2 Å². The maximum atomic E-state index is 10.8. The van der Waals surface area contributed by atoms with Crippen molar-refractivity contribution in [2.45, 2.75) is 50.5 Å². The number of hydrogen-bond donors (Lipinski definition) is 2. The highest BCUT2D eigenvalue weighted by atomic mass is 35.5. The molecule has 2 aliphatic heterocycles. The molecule has 0 aromatic heterocycles. The Hall–Kier alpha value is -0.690. The van der Waals surface area contributed by atoms with Crippen LogP contribution in [0, 0.1) is 0 Å². The normalized spacial score (nSPS) is 31.2. The smallest absolute Gasteiger partial charge is 0.164 e. The van der Waals surface area contributed by atoms with E-state index in [0.717, 1.165) is 5.56 Å². The Kier molecular flexibility index (Phi) is 4.47. The zero-order valence-corrected chi connectivity index (χ0v) is 13.4. The van der Waals surface area contributed by atoms with Crippen LogP contribution in [-0.2, 0) is 20.6 Å². The van der Waals surface area contributed by atoms with Crippen LogP contribution in [0.15, 0.2) is 18.2 Å². The maximum Gasteiger partial charge on any atom is 0.164 e. The van der Waals surface area contributed by atoms with Crippen LogP contribution in [0.4, 0.5) is 0 Å². The van der Waals surface area contributed by atoms with Gasteiger partial charge in [-0.05, 0) is 43.5 Å². The third kappa shape index (κ3) is 3.02. The molecule has 0 bridgehead atoms. The lowest BCUT2D eigenvalue weighted by Crippen LogP contribution is -2.34. The first-order valence-electron chi connectivity index (χ1n) is 7.46. The van der Waals surface area contributed by atoms with Crippen LogP contribution in [0.1, 0.15) is 31.1 Å². The molecule has 0 unspecified atom stereocenters. The Bertz CT molecular complexity index is 547. The zero-order chi connectivity index (χ0) is 15.9. The van der Waals surface area contributed by atoms with Gasteiger partial charge in [-0.2, -0.15) is 0 Å². The van der Waals surface area contributed by atoms with Gasteiger partial charge in [0.05, 0.1) is 6.61 Å². The third-order valence-corrected chi connectivity index (χ3v) is 4.35. The summed E-state index contributed by atoms with van der Waals surface area (Å²) in [6.07, 6.45) is -1.39. The molecule has 0 radical (unpaired) electrons. The largest absolute Gasteiger partial charge is 0.396 e. The van der Waals surface area contributed by atoms with Crippen molar-refractivity contribution in [3.63, 3.8) is 0 Å². The lowest BCUT2D eigenvalue weighted by molar-refractivity contribution is -0.184. The molecule has 1 aromatic carbocycles. The highest BCUT2D eigenvalue weighted by Gasteiger charge is 2.52. The van der Waals surface area contributed by atoms with Crippen LogP contribution in [0.5, 0.6) is 0 Å². The second-order valence-electron chi connectivity index (χ2n) is 6.20. The first kappa shape index (κ1) is 16.2. The Morgan fingerprint density at radius 2 is 2.14 bits per heavy atom. The summed E-state index contributed by atoms with van der Waals surface area (Å²) in [7, 11) is 0. The molecule has 2 saturated heterocycles. The van der Waals surface area contributed by atoms with E-state index >= 15 is 0 Å². The van der Waals surface area contributed by atoms with Crippen molar-refractivity contribution >= 4 is 11.6 Å². The van der Waals surface area contributed by atoms with Crippen molar-refractivity contribution in [3.05, 3.63) is 34.3 Å². The van der Waals surface area contributed by atoms with E-state index in [0.29, 0.717) is 23.6 Å². The summed E-state index contributed by atoms with van der Waals surface area (Å²) in [6.45, 7) is 4.10. The quantitative estimate of drug-likeness (QED) is 0.882. The summed E-state index contributed by atoms with van der Waals surface area (Å²) in [5.41, 5.74) is 1.52. The Balaban J connectivity index is 1.84.